The highest BCUT2D eigenvalue weighted by Crippen LogP contribution is 1.85. The summed E-state index contributed by atoms with van der Waals surface area (Å²) in [5, 5.41) is 3.58. The van der Waals surface area contributed by atoms with Crippen molar-refractivity contribution in [2.24, 2.45) is 7.05 Å². The number of nitrogens with zero attached hydrogens (tertiary/aromatic N) is 3. The number of rotatable bonds is 0. The fourth-order valence-corrected chi connectivity index (χ4v) is 0.339. The van der Waals surface area contributed by atoms with Gasteiger partial charge in [-0.15, -0.1) is 5.10 Å². The molecule has 4 nitrogen and oxygen atoms in total. The van der Waals surface area contributed by atoms with Gasteiger partial charge in [0.1, 0.15) is 6.33 Å². The molecule has 0 saturated heterocycles. The second-order valence-electron chi connectivity index (χ2n) is 1.24. The molecular formula is C3H5N4. The van der Waals surface area contributed by atoms with Crippen molar-refractivity contribution in [3.05, 3.63) is 6.33 Å². The Morgan fingerprint density at radius 2 is 2.57 bits per heavy atom. The number of aromatic nitrogens is 3. The second-order valence-corrected chi connectivity index (χ2v) is 1.24. The molecule has 4 heteroatoms. The minimum absolute atomic E-state index is 0.0718. The lowest BCUT2D eigenvalue weighted by Crippen LogP contribution is -1.85. The highest BCUT2D eigenvalue weighted by molar-refractivity contribution is 5.01. The number of hydrogen-bond acceptors (Lipinski definition) is 2. The van der Waals surface area contributed by atoms with E-state index in [0.29, 0.717) is 0 Å². The molecule has 0 amide bonds. The average Bonchev–Trinajstić information content (AvgIpc) is 1.87. The van der Waals surface area contributed by atoms with Gasteiger partial charge < -0.3 is 0 Å². The molecule has 1 aromatic heterocycles. The van der Waals surface area contributed by atoms with Gasteiger partial charge in [0.2, 0.25) is 0 Å². The van der Waals surface area contributed by atoms with Crippen LogP contribution in [0.25, 0.3) is 0 Å². The largest absolute Gasteiger partial charge is 0.264 e. The van der Waals surface area contributed by atoms with E-state index in [2.05, 4.69) is 10.1 Å². The van der Waals surface area contributed by atoms with E-state index >= 15 is 0 Å². The Balaban J connectivity index is 3.04. The molecule has 1 aromatic rings. The van der Waals surface area contributed by atoms with Crippen LogP contribution in [0.1, 0.15) is 0 Å². The maximum absolute atomic E-state index is 6.77. The Labute approximate surface area is 41.0 Å². The standard InChI is InChI=1S/C3H5N4/c1-7-2-5-3(4)6-7/h2,4H,1H3. The molecule has 0 aliphatic rings. The van der Waals surface area contributed by atoms with Gasteiger partial charge in [-0.3, -0.25) is 10.4 Å². The molecule has 0 spiro atoms. The topological polar surface area (TPSA) is 54.5 Å². The van der Waals surface area contributed by atoms with Crippen molar-refractivity contribution >= 4 is 5.95 Å². The third-order valence-electron chi connectivity index (χ3n) is 0.600. The number of nitrogens with one attached hydrogen (secondary N) is 1. The summed E-state index contributed by atoms with van der Waals surface area (Å²) < 4.78 is 1.49. The van der Waals surface area contributed by atoms with Gasteiger partial charge in [0.15, 0.2) is 0 Å². The predicted molar refractivity (Wildman–Crippen MR) is 23.8 cm³/mol. The summed E-state index contributed by atoms with van der Waals surface area (Å²) >= 11 is 0. The third kappa shape index (κ3) is 0.677. The monoisotopic (exact) mass is 97.1 g/mol. The lowest BCUT2D eigenvalue weighted by atomic mass is 11.1. The predicted octanol–water partition coefficient (Wildman–Crippen LogP) is -0.271. The van der Waals surface area contributed by atoms with E-state index in [0.717, 1.165) is 0 Å². The van der Waals surface area contributed by atoms with Crippen molar-refractivity contribution in [3.8, 4) is 0 Å². The molecule has 0 aliphatic carbocycles. The van der Waals surface area contributed by atoms with E-state index in [1.165, 1.54) is 11.0 Å². The molecular weight excluding hydrogens is 92.1 g/mol. The lowest BCUT2D eigenvalue weighted by molar-refractivity contribution is 0.765. The van der Waals surface area contributed by atoms with Crippen molar-refractivity contribution in [2.45, 2.75) is 0 Å². The van der Waals surface area contributed by atoms with Gasteiger partial charge in [-0.25, -0.2) is 0 Å². The number of hydrogen-bond donors (Lipinski definition) is 0. The van der Waals surface area contributed by atoms with E-state index in [1.807, 2.05) is 0 Å². The van der Waals surface area contributed by atoms with Crippen LogP contribution in [-0.2, 0) is 7.05 Å². The summed E-state index contributed by atoms with van der Waals surface area (Å²) in [6.07, 6.45) is 1.49. The quantitative estimate of drug-likeness (QED) is 0.447. The van der Waals surface area contributed by atoms with Gasteiger partial charge in [-0.1, -0.05) is 0 Å². The zero-order chi connectivity index (χ0) is 5.28. The van der Waals surface area contributed by atoms with Gasteiger partial charge in [-0.05, 0) is 0 Å². The van der Waals surface area contributed by atoms with Crippen LogP contribution in [0.2, 0.25) is 0 Å². The smallest absolute Gasteiger partial charge is 0.260 e. The van der Waals surface area contributed by atoms with Crippen LogP contribution in [0.4, 0.5) is 5.95 Å². The Bertz CT molecular complexity index is 139. The fraction of sp³-hybridized carbons (Fsp3) is 0.333. The third-order valence-corrected chi connectivity index (χ3v) is 0.600. The SMILES string of the molecule is Cn1cnc([NH])n1. The summed E-state index contributed by atoms with van der Waals surface area (Å²) in [5.41, 5.74) is 6.77. The summed E-state index contributed by atoms with van der Waals surface area (Å²) in [6, 6.07) is 0. The molecule has 0 unspecified atom stereocenters. The summed E-state index contributed by atoms with van der Waals surface area (Å²) in [4.78, 5) is 3.53. The van der Waals surface area contributed by atoms with Crippen molar-refractivity contribution in [1.29, 1.82) is 0 Å². The summed E-state index contributed by atoms with van der Waals surface area (Å²) in [7, 11) is 1.73. The van der Waals surface area contributed by atoms with E-state index in [-0.39, 0.29) is 5.95 Å². The van der Waals surface area contributed by atoms with Crippen LogP contribution in [-0.4, -0.2) is 14.8 Å². The first-order valence-corrected chi connectivity index (χ1v) is 1.86. The highest BCUT2D eigenvalue weighted by Gasteiger charge is 1.85. The van der Waals surface area contributed by atoms with Gasteiger partial charge in [0.25, 0.3) is 5.95 Å². The first-order valence-electron chi connectivity index (χ1n) is 1.86. The zero-order valence-corrected chi connectivity index (χ0v) is 3.92. The van der Waals surface area contributed by atoms with Crippen LogP contribution in [0.5, 0.6) is 0 Å². The molecule has 0 aromatic carbocycles. The molecule has 1 rings (SSSR count). The summed E-state index contributed by atoms with van der Waals surface area (Å²) in [5.74, 6) is 0.0718. The second kappa shape index (κ2) is 1.22. The first-order chi connectivity index (χ1) is 3.29. The van der Waals surface area contributed by atoms with Crippen LogP contribution in [0.15, 0.2) is 6.33 Å². The minimum Gasteiger partial charge on any atom is -0.264 e. The van der Waals surface area contributed by atoms with Crippen LogP contribution < -0.4 is 5.73 Å². The van der Waals surface area contributed by atoms with Gasteiger partial charge in [0, 0.05) is 7.05 Å². The van der Waals surface area contributed by atoms with E-state index < -0.39 is 0 Å². The minimum atomic E-state index is 0.0718. The molecule has 0 saturated carbocycles. The van der Waals surface area contributed by atoms with Gasteiger partial charge >= 0.3 is 0 Å². The van der Waals surface area contributed by atoms with Crippen molar-refractivity contribution < 1.29 is 0 Å². The van der Waals surface area contributed by atoms with Gasteiger partial charge in [-0.2, -0.15) is 4.98 Å². The number of aryl methyl sites for hydroxylation is 1. The molecule has 1 heterocycles. The Morgan fingerprint density at radius 1 is 1.86 bits per heavy atom. The van der Waals surface area contributed by atoms with Crippen LogP contribution in [0.3, 0.4) is 0 Å². The van der Waals surface area contributed by atoms with Crippen molar-refractivity contribution in [2.75, 3.05) is 0 Å². The molecule has 1 N–H and O–H groups in total. The molecule has 0 aliphatic heterocycles. The van der Waals surface area contributed by atoms with Crippen LogP contribution in [0, 0.1) is 0 Å². The van der Waals surface area contributed by atoms with Crippen molar-refractivity contribution in [1.82, 2.24) is 20.5 Å². The van der Waals surface area contributed by atoms with E-state index in [9.17, 15) is 0 Å². The highest BCUT2D eigenvalue weighted by atomic mass is 15.3. The molecule has 37 valence electrons. The maximum Gasteiger partial charge on any atom is 0.260 e. The maximum atomic E-state index is 6.77. The molecule has 7 heavy (non-hydrogen) atoms. The Kier molecular flexibility index (Phi) is 0.714. The Hall–Kier alpha value is -1.06. The molecule has 0 atom stereocenters. The van der Waals surface area contributed by atoms with E-state index in [4.69, 9.17) is 5.73 Å². The fourth-order valence-electron chi connectivity index (χ4n) is 0.339. The van der Waals surface area contributed by atoms with Crippen LogP contribution >= 0.6 is 0 Å². The normalized spacial score (nSPS) is 9.29. The average molecular weight is 97.1 g/mol. The molecule has 0 bridgehead atoms. The molecule has 1 radical (unpaired) electrons. The first kappa shape index (κ1) is 4.11. The lowest BCUT2D eigenvalue weighted by Gasteiger charge is -1.76. The summed E-state index contributed by atoms with van der Waals surface area (Å²) in [6.45, 7) is 0. The zero-order valence-electron chi connectivity index (χ0n) is 3.92. The van der Waals surface area contributed by atoms with Crippen molar-refractivity contribution in [3.63, 3.8) is 0 Å². The Morgan fingerprint density at radius 3 is 2.71 bits per heavy atom. The molecule has 0 fully saturated rings. The van der Waals surface area contributed by atoms with Gasteiger partial charge in [0.05, 0.1) is 0 Å². The van der Waals surface area contributed by atoms with E-state index in [1.54, 1.807) is 7.05 Å².